The van der Waals surface area contributed by atoms with Crippen LogP contribution in [0, 0.1) is 0 Å². The van der Waals surface area contributed by atoms with E-state index in [4.69, 9.17) is 4.42 Å². The molecule has 2 aromatic carbocycles. The second-order valence-corrected chi connectivity index (χ2v) is 5.63. The fourth-order valence-corrected chi connectivity index (χ4v) is 2.77. The molecule has 0 fully saturated rings. The van der Waals surface area contributed by atoms with Gasteiger partial charge in [0.2, 0.25) is 0 Å². The zero-order valence-electron chi connectivity index (χ0n) is 14.0. The molecule has 0 N–H and O–H groups in total. The van der Waals surface area contributed by atoms with Gasteiger partial charge in [-0.25, -0.2) is 4.79 Å². The lowest BCUT2D eigenvalue weighted by Gasteiger charge is -2.20. The lowest BCUT2D eigenvalue weighted by molar-refractivity contribution is 0.559. The molecule has 0 amide bonds. The van der Waals surface area contributed by atoms with E-state index in [0.717, 1.165) is 29.7 Å². The summed E-state index contributed by atoms with van der Waals surface area (Å²) in [5.41, 5.74) is 2.99. The van der Waals surface area contributed by atoms with Gasteiger partial charge in [-0.3, -0.25) is 0 Å². The first-order chi connectivity index (χ1) is 11.7. The molecule has 0 saturated heterocycles. The molecule has 0 bridgehead atoms. The van der Waals surface area contributed by atoms with Crippen LogP contribution in [0.4, 0.5) is 5.69 Å². The third-order valence-electron chi connectivity index (χ3n) is 4.13. The van der Waals surface area contributed by atoms with Crippen molar-refractivity contribution < 1.29 is 4.42 Å². The number of fused-ring (bicyclic) bond motifs is 1. The summed E-state index contributed by atoms with van der Waals surface area (Å²) in [7, 11) is 0. The molecule has 0 unspecified atom stereocenters. The smallest absolute Gasteiger partial charge is 0.343 e. The molecule has 0 aliphatic rings. The van der Waals surface area contributed by atoms with E-state index >= 15 is 0 Å². The maximum absolute atomic E-state index is 12.2. The van der Waals surface area contributed by atoms with Crippen molar-refractivity contribution in [2.45, 2.75) is 13.8 Å². The van der Waals surface area contributed by atoms with Gasteiger partial charge >= 0.3 is 5.63 Å². The van der Waals surface area contributed by atoms with Crippen LogP contribution in [0.5, 0.6) is 0 Å². The Balaban J connectivity index is 1.97. The summed E-state index contributed by atoms with van der Waals surface area (Å²) in [6.07, 6.45) is 3.72. The van der Waals surface area contributed by atoms with Gasteiger partial charge in [-0.15, -0.1) is 0 Å². The highest BCUT2D eigenvalue weighted by molar-refractivity contribution is 5.83. The summed E-state index contributed by atoms with van der Waals surface area (Å²) in [6.45, 7) is 6.07. The lowest BCUT2D eigenvalue weighted by Crippen LogP contribution is -2.21. The second-order valence-electron chi connectivity index (χ2n) is 5.63. The minimum absolute atomic E-state index is 0.314. The van der Waals surface area contributed by atoms with Crippen LogP contribution in [0.1, 0.15) is 25.0 Å². The minimum atomic E-state index is -0.314. The first-order valence-electron chi connectivity index (χ1n) is 8.27. The number of rotatable bonds is 5. The molecule has 1 aromatic heterocycles. The number of nitrogens with zero attached hydrogens (tertiary/aromatic N) is 1. The Kier molecular flexibility index (Phi) is 4.80. The van der Waals surface area contributed by atoms with E-state index in [1.165, 1.54) is 0 Å². The Bertz CT molecular complexity index is 906. The maximum Gasteiger partial charge on any atom is 0.343 e. The molecule has 1 heterocycles. The lowest BCUT2D eigenvalue weighted by atomic mass is 10.1. The van der Waals surface area contributed by atoms with Crippen LogP contribution in [0.25, 0.3) is 23.1 Å². The molecule has 0 radical (unpaired) electrons. The first kappa shape index (κ1) is 16.1. The van der Waals surface area contributed by atoms with Crippen molar-refractivity contribution >= 4 is 28.8 Å². The number of hydrogen-bond acceptors (Lipinski definition) is 3. The molecule has 0 aliphatic carbocycles. The predicted molar refractivity (Wildman–Crippen MR) is 101 cm³/mol. The third-order valence-corrected chi connectivity index (χ3v) is 4.13. The van der Waals surface area contributed by atoms with Crippen LogP contribution in [0.15, 0.2) is 63.8 Å². The quantitative estimate of drug-likeness (QED) is 0.633. The van der Waals surface area contributed by atoms with Crippen LogP contribution in [0.3, 0.4) is 0 Å². The molecule has 0 aliphatic heterocycles. The van der Waals surface area contributed by atoms with Gasteiger partial charge in [0, 0.05) is 30.2 Å². The van der Waals surface area contributed by atoms with E-state index in [9.17, 15) is 4.79 Å². The van der Waals surface area contributed by atoms with E-state index in [1.54, 1.807) is 6.08 Å². The molecule has 3 aromatic rings. The van der Waals surface area contributed by atoms with E-state index in [-0.39, 0.29) is 5.63 Å². The summed E-state index contributed by atoms with van der Waals surface area (Å²) in [5, 5.41) is 0.929. The molecule has 0 atom stereocenters. The SMILES string of the molecule is CCN(CC)c1ccc2cc(C=Cc3ccccc3)c(=O)oc2c1. The Morgan fingerprint density at radius 3 is 2.42 bits per heavy atom. The van der Waals surface area contributed by atoms with Crippen molar-refractivity contribution in [2.75, 3.05) is 18.0 Å². The predicted octanol–water partition coefficient (Wildman–Crippen LogP) is 4.81. The average molecular weight is 319 g/mol. The van der Waals surface area contributed by atoms with Crippen molar-refractivity contribution in [3.05, 3.63) is 76.1 Å². The van der Waals surface area contributed by atoms with Crippen LogP contribution < -0.4 is 10.5 Å². The van der Waals surface area contributed by atoms with Gasteiger partial charge in [0.05, 0.1) is 5.56 Å². The maximum atomic E-state index is 12.2. The van der Waals surface area contributed by atoms with Gasteiger partial charge in [0.15, 0.2) is 0 Å². The Morgan fingerprint density at radius 2 is 1.71 bits per heavy atom. The molecule has 0 spiro atoms. The van der Waals surface area contributed by atoms with Crippen LogP contribution in [0.2, 0.25) is 0 Å². The molecule has 3 heteroatoms. The highest BCUT2D eigenvalue weighted by Gasteiger charge is 2.07. The van der Waals surface area contributed by atoms with Crippen molar-refractivity contribution in [3.63, 3.8) is 0 Å². The number of benzene rings is 2. The molecule has 0 saturated carbocycles. The van der Waals surface area contributed by atoms with Gasteiger partial charge in [-0.05, 0) is 43.7 Å². The molecule has 24 heavy (non-hydrogen) atoms. The van der Waals surface area contributed by atoms with Gasteiger partial charge < -0.3 is 9.32 Å². The first-order valence-corrected chi connectivity index (χ1v) is 8.27. The monoisotopic (exact) mass is 319 g/mol. The molecule has 122 valence electrons. The van der Waals surface area contributed by atoms with Gasteiger partial charge in [0.1, 0.15) is 5.58 Å². The van der Waals surface area contributed by atoms with Crippen LogP contribution >= 0.6 is 0 Å². The topological polar surface area (TPSA) is 33.5 Å². The summed E-state index contributed by atoms with van der Waals surface area (Å²) in [6, 6.07) is 17.8. The van der Waals surface area contributed by atoms with Crippen LogP contribution in [-0.2, 0) is 0 Å². The van der Waals surface area contributed by atoms with Crippen molar-refractivity contribution in [3.8, 4) is 0 Å². The fourth-order valence-electron chi connectivity index (χ4n) is 2.77. The van der Waals surface area contributed by atoms with E-state index in [0.29, 0.717) is 11.1 Å². The van der Waals surface area contributed by atoms with Crippen molar-refractivity contribution in [2.24, 2.45) is 0 Å². The molecular weight excluding hydrogens is 298 g/mol. The Morgan fingerprint density at radius 1 is 0.958 bits per heavy atom. The van der Waals surface area contributed by atoms with E-state index in [1.807, 2.05) is 54.6 Å². The van der Waals surface area contributed by atoms with Gasteiger partial charge in [-0.1, -0.05) is 36.4 Å². The van der Waals surface area contributed by atoms with Crippen molar-refractivity contribution in [1.29, 1.82) is 0 Å². The molecular formula is C21H21NO2. The van der Waals surface area contributed by atoms with Crippen LogP contribution in [-0.4, -0.2) is 13.1 Å². The standard InChI is InChI=1S/C21H21NO2/c1-3-22(4-2)19-13-12-17-14-18(21(23)24-20(17)15-19)11-10-16-8-6-5-7-9-16/h5-15H,3-4H2,1-2H3. The van der Waals surface area contributed by atoms with E-state index in [2.05, 4.69) is 24.8 Å². The summed E-state index contributed by atoms with van der Waals surface area (Å²) < 4.78 is 5.53. The van der Waals surface area contributed by atoms with Gasteiger partial charge in [0.25, 0.3) is 0 Å². The fraction of sp³-hybridized carbons (Fsp3) is 0.190. The average Bonchev–Trinajstić information content (AvgIpc) is 2.62. The number of hydrogen-bond donors (Lipinski definition) is 0. The summed E-state index contributed by atoms with van der Waals surface area (Å²) in [4.78, 5) is 14.5. The minimum Gasteiger partial charge on any atom is -0.422 e. The molecule has 3 nitrogen and oxygen atoms in total. The molecule has 3 rings (SSSR count). The largest absolute Gasteiger partial charge is 0.422 e. The van der Waals surface area contributed by atoms with Crippen molar-refractivity contribution in [1.82, 2.24) is 0 Å². The zero-order chi connectivity index (χ0) is 16.9. The third kappa shape index (κ3) is 3.40. The number of anilines is 1. The highest BCUT2D eigenvalue weighted by atomic mass is 16.4. The Labute approximate surface area is 141 Å². The normalized spacial score (nSPS) is 11.2. The van der Waals surface area contributed by atoms with Gasteiger partial charge in [-0.2, -0.15) is 0 Å². The summed E-state index contributed by atoms with van der Waals surface area (Å²) >= 11 is 0. The summed E-state index contributed by atoms with van der Waals surface area (Å²) in [5.74, 6) is 0. The zero-order valence-corrected chi connectivity index (χ0v) is 14.0. The van der Waals surface area contributed by atoms with E-state index < -0.39 is 0 Å². The Hall–Kier alpha value is -2.81. The second kappa shape index (κ2) is 7.18. The highest BCUT2D eigenvalue weighted by Crippen LogP contribution is 2.22.